The summed E-state index contributed by atoms with van der Waals surface area (Å²) in [5.41, 5.74) is 2.42. The Hall–Kier alpha value is -3.06. The first-order valence-electron chi connectivity index (χ1n) is 8.04. The molecule has 0 aliphatic carbocycles. The summed E-state index contributed by atoms with van der Waals surface area (Å²) in [5, 5.41) is 12.5. The second kappa shape index (κ2) is 7.47. The van der Waals surface area contributed by atoms with Gasteiger partial charge in [-0.2, -0.15) is 5.26 Å². The highest BCUT2D eigenvalue weighted by molar-refractivity contribution is 5.92. The van der Waals surface area contributed by atoms with Gasteiger partial charge in [0, 0.05) is 30.9 Å². The SMILES string of the molecule is N#Cc1ccccc1C=CC(=O)N1CCC(Nc2ccccc2)C1. The Kier molecular flexibility index (Phi) is 4.93. The van der Waals surface area contributed by atoms with E-state index < -0.39 is 0 Å². The van der Waals surface area contributed by atoms with Gasteiger partial charge >= 0.3 is 0 Å². The number of rotatable bonds is 4. The molecule has 1 heterocycles. The quantitative estimate of drug-likeness (QED) is 0.880. The van der Waals surface area contributed by atoms with Gasteiger partial charge in [-0.25, -0.2) is 0 Å². The lowest BCUT2D eigenvalue weighted by Crippen LogP contribution is -2.30. The van der Waals surface area contributed by atoms with Crippen molar-refractivity contribution in [1.82, 2.24) is 4.90 Å². The lowest BCUT2D eigenvalue weighted by Gasteiger charge is -2.16. The van der Waals surface area contributed by atoms with Gasteiger partial charge in [0.25, 0.3) is 0 Å². The Morgan fingerprint density at radius 2 is 1.92 bits per heavy atom. The van der Waals surface area contributed by atoms with E-state index in [1.54, 1.807) is 18.2 Å². The smallest absolute Gasteiger partial charge is 0.246 e. The third-order valence-electron chi connectivity index (χ3n) is 4.13. The van der Waals surface area contributed by atoms with Crippen molar-refractivity contribution in [1.29, 1.82) is 5.26 Å². The van der Waals surface area contributed by atoms with E-state index in [1.807, 2.05) is 53.4 Å². The van der Waals surface area contributed by atoms with Crippen LogP contribution in [0.3, 0.4) is 0 Å². The highest BCUT2D eigenvalue weighted by atomic mass is 16.2. The van der Waals surface area contributed by atoms with E-state index in [-0.39, 0.29) is 11.9 Å². The molecule has 2 aromatic carbocycles. The van der Waals surface area contributed by atoms with Gasteiger partial charge < -0.3 is 10.2 Å². The van der Waals surface area contributed by atoms with Crippen LogP contribution in [0.15, 0.2) is 60.7 Å². The summed E-state index contributed by atoms with van der Waals surface area (Å²) in [6.45, 7) is 1.44. The Balaban J connectivity index is 1.59. The van der Waals surface area contributed by atoms with Crippen molar-refractivity contribution in [3.63, 3.8) is 0 Å². The molecule has 1 unspecified atom stereocenters. The van der Waals surface area contributed by atoms with E-state index in [1.165, 1.54) is 0 Å². The van der Waals surface area contributed by atoms with Gasteiger partial charge in [0.1, 0.15) is 0 Å². The van der Waals surface area contributed by atoms with Crippen molar-refractivity contribution < 1.29 is 4.79 Å². The van der Waals surface area contributed by atoms with Crippen molar-refractivity contribution in [2.45, 2.75) is 12.5 Å². The molecule has 4 heteroatoms. The average molecular weight is 317 g/mol. The summed E-state index contributed by atoms with van der Waals surface area (Å²) in [4.78, 5) is 14.2. The zero-order valence-corrected chi connectivity index (χ0v) is 13.4. The van der Waals surface area contributed by atoms with Crippen LogP contribution in [0.4, 0.5) is 5.69 Å². The number of para-hydroxylation sites is 1. The number of carbonyl (C=O) groups is 1. The molecule has 0 radical (unpaired) electrons. The zero-order chi connectivity index (χ0) is 16.8. The molecule has 0 saturated carbocycles. The third-order valence-corrected chi connectivity index (χ3v) is 4.13. The fourth-order valence-corrected chi connectivity index (χ4v) is 2.86. The number of amides is 1. The molecular weight excluding hydrogens is 298 g/mol. The predicted octanol–water partition coefficient (Wildman–Crippen LogP) is 3.28. The van der Waals surface area contributed by atoms with Crippen LogP contribution in [-0.4, -0.2) is 29.9 Å². The average Bonchev–Trinajstić information content (AvgIpc) is 3.09. The molecule has 1 atom stereocenters. The van der Waals surface area contributed by atoms with Gasteiger partial charge in [0.15, 0.2) is 0 Å². The molecule has 4 nitrogen and oxygen atoms in total. The van der Waals surface area contributed by atoms with E-state index in [9.17, 15) is 4.79 Å². The Morgan fingerprint density at radius 1 is 1.17 bits per heavy atom. The number of benzene rings is 2. The molecular formula is C20H19N3O. The lowest BCUT2D eigenvalue weighted by molar-refractivity contribution is -0.124. The van der Waals surface area contributed by atoms with Gasteiger partial charge in [-0.15, -0.1) is 0 Å². The molecule has 1 fully saturated rings. The maximum Gasteiger partial charge on any atom is 0.246 e. The number of likely N-dealkylation sites (tertiary alicyclic amines) is 1. The number of nitrogens with zero attached hydrogens (tertiary/aromatic N) is 2. The van der Waals surface area contributed by atoms with E-state index in [0.717, 1.165) is 24.2 Å². The molecule has 0 spiro atoms. The van der Waals surface area contributed by atoms with E-state index >= 15 is 0 Å². The first-order chi connectivity index (χ1) is 11.8. The molecule has 1 aliphatic rings. The van der Waals surface area contributed by atoms with Crippen molar-refractivity contribution in [2.24, 2.45) is 0 Å². The molecule has 1 saturated heterocycles. The second-order valence-electron chi connectivity index (χ2n) is 5.81. The lowest BCUT2D eigenvalue weighted by atomic mass is 10.1. The van der Waals surface area contributed by atoms with E-state index in [2.05, 4.69) is 11.4 Å². The summed E-state index contributed by atoms with van der Waals surface area (Å²) in [7, 11) is 0. The molecule has 1 amide bonds. The Bertz CT molecular complexity index is 777. The minimum atomic E-state index is -0.0138. The van der Waals surface area contributed by atoms with Crippen molar-refractivity contribution >= 4 is 17.7 Å². The molecule has 2 aromatic rings. The molecule has 3 rings (SSSR count). The van der Waals surface area contributed by atoms with Crippen LogP contribution in [0.5, 0.6) is 0 Å². The van der Waals surface area contributed by atoms with Gasteiger partial charge in [0.05, 0.1) is 11.6 Å². The normalized spacial score (nSPS) is 17.0. The largest absolute Gasteiger partial charge is 0.380 e. The van der Waals surface area contributed by atoms with Crippen LogP contribution in [0.1, 0.15) is 17.5 Å². The molecule has 0 bridgehead atoms. The molecule has 24 heavy (non-hydrogen) atoms. The minimum Gasteiger partial charge on any atom is -0.380 e. The second-order valence-corrected chi connectivity index (χ2v) is 5.81. The van der Waals surface area contributed by atoms with E-state index in [4.69, 9.17) is 5.26 Å². The van der Waals surface area contributed by atoms with Gasteiger partial charge in [0.2, 0.25) is 5.91 Å². The highest BCUT2D eigenvalue weighted by Gasteiger charge is 2.24. The number of hydrogen-bond acceptors (Lipinski definition) is 3. The first kappa shape index (κ1) is 15.8. The van der Waals surface area contributed by atoms with Crippen molar-refractivity contribution in [2.75, 3.05) is 18.4 Å². The minimum absolute atomic E-state index is 0.0138. The van der Waals surface area contributed by atoms with Crippen molar-refractivity contribution in [3.05, 3.63) is 71.8 Å². The first-order valence-corrected chi connectivity index (χ1v) is 8.04. The Labute approximate surface area is 142 Å². The van der Waals surface area contributed by atoms with Crippen LogP contribution < -0.4 is 5.32 Å². The number of anilines is 1. The maximum atomic E-state index is 12.3. The van der Waals surface area contributed by atoms with Crippen LogP contribution in [-0.2, 0) is 4.79 Å². The summed E-state index contributed by atoms with van der Waals surface area (Å²) in [6.07, 6.45) is 4.21. The topological polar surface area (TPSA) is 56.1 Å². The number of nitriles is 1. The summed E-state index contributed by atoms with van der Waals surface area (Å²) in [5.74, 6) is -0.0138. The molecule has 120 valence electrons. The summed E-state index contributed by atoms with van der Waals surface area (Å²) >= 11 is 0. The van der Waals surface area contributed by atoms with Crippen LogP contribution in [0.25, 0.3) is 6.08 Å². The standard InChI is InChI=1S/C20H19N3O/c21-14-17-7-5-4-6-16(17)10-11-20(24)23-13-12-19(15-23)22-18-8-2-1-3-9-18/h1-11,19,22H,12-13,15H2. The number of nitrogens with one attached hydrogen (secondary N) is 1. The predicted molar refractivity (Wildman–Crippen MR) is 95.2 cm³/mol. The van der Waals surface area contributed by atoms with E-state index in [0.29, 0.717) is 12.1 Å². The fraction of sp³-hybridized carbons (Fsp3) is 0.200. The van der Waals surface area contributed by atoms with Crippen LogP contribution in [0.2, 0.25) is 0 Å². The van der Waals surface area contributed by atoms with Gasteiger partial charge in [-0.05, 0) is 36.3 Å². The molecule has 1 aliphatic heterocycles. The highest BCUT2D eigenvalue weighted by Crippen LogP contribution is 2.16. The van der Waals surface area contributed by atoms with Crippen molar-refractivity contribution in [3.8, 4) is 6.07 Å². The van der Waals surface area contributed by atoms with Gasteiger partial charge in [-0.1, -0.05) is 36.4 Å². The fourth-order valence-electron chi connectivity index (χ4n) is 2.86. The number of hydrogen-bond donors (Lipinski definition) is 1. The third kappa shape index (κ3) is 3.82. The maximum absolute atomic E-state index is 12.3. The summed E-state index contributed by atoms with van der Waals surface area (Å²) < 4.78 is 0. The zero-order valence-electron chi connectivity index (χ0n) is 13.4. The monoisotopic (exact) mass is 317 g/mol. The van der Waals surface area contributed by atoms with Crippen LogP contribution >= 0.6 is 0 Å². The molecule has 1 N–H and O–H groups in total. The summed E-state index contributed by atoms with van der Waals surface area (Å²) in [6, 6.07) is 19.7. The molecule has 0 aromatic heterocycles. The van der Waals surface area contributed by atoms with Gasteiger partial charge in [-0.3, -0.25) is 4.79 Å². The van der Waals surface area contributed by atoms with Crippen LogP contribution in [0, 0.1) is 11.3 Å². The Morgan fingerprint density at radius 3 is 2.71 bits per heavy atom. The number of carbonyl (C=O) groups excluding carboxylic acids is 1.